The third kappa shape index (κ3) is 3.65. The fourth-order valence-corrected chi connectivity index (χ4v) is 0.808. The van der Waals surface area contributed by atoms with Crippen LogP contribution in [0.4, 0.5) is 0 Å². The van der Waals surface area contributed by atoms with Gasteiger partial charge in [-0.05, 0) is 26.2 Å². The van der Waals surface area contributed by atoms with Gasteiger partial charge in [-0.2, -0.15) is 0 Å². The highest BCUT2D eigenvalue weighted by molar-refractivity contribution is 5.97. The minimum atomic E-state index is -0.783. The summed E-state index contributed by atoms with van der Waals surface area (Å²) in [6.07, 6.45) is 2.12. The molecule has 0 unspecified atom stereocenters. The first-order valence-electron chi connectivity index (χ1n) is 4.40. The zero-order valence-corrected chi connectivity index (χ0v) is 8.39. The zero-order chi connectivity index (χ0) is 9.78. The van der Waals surface area contributed by atoms with Crippen molar-refractivity contribution in [2.45, 2.75) is 40.5 Å². The first-order valence-corrected chi connectivity index (χ1v) is 4.40. The fraction of sp³-hybridized carbons (Fsp3) is 0.800. The maximum absolute atomic E-state index is 11.4. The molecule has 0 heterocycles. The molecule has 0 aromatic heterocycles. The van der Waals surface area contributed by atoms with Crippen molar-refractivity contribution in [1.82, 2.24) is 0 Å². The van der Waals surface area contributed by atoms with Gasteiger partial charge >= 0.3 is 0 Å². The molecule has 0 aromatic carbocycles. The lowest BCUT2D eigenvalue weighted by molar-refractivity contribution is -0.132. The second-order valence-corrected chi connectivity index (χ2v) is 4.20. The second kappa shape index (κ2) is 4.39. The number of rotatable bonds is 5. The van der Waals surface area contributed by atoms with Crippen LogP contribution in [0.15, 0.2) is 0 Å². The average Bonchev–Trinajstić information content (AvgIpc) is 2.00. The molecule has 0 rings (SSSR count). The van der Waals surface area contributed by atoms with Crippen LogP contribution in [0, 0.1) is 11.3 Å². The van der Waals surface area contributed by atoms with Gasteiger partial charge in [0.25, 0.3) is 0 Å². The molecule has 0 N–H and O–H groups in total. The largest absolute Gasteiger partial charge is 0.302 e. The lowest BCUT2D eigenvalue weighted by Crippen LogP contribution is -2.25. The Balaban J connectivity index is 3.96. The van der Waals surface area contributed by atoms with E-state index in [4.69, 9.17) is 0 Å². The molecule has 0 fully saturated rings. The number of ketones is 1. The third-order valence-corrected chi connectivity index (χ3v) is 1.96. The summed E-state index contributed by atoms with van der Waals surface area (Å²) >= 11 is 0. The molecule has 12 heavy (non-hydrogen) atoms. The maximum atomic E-state index is 11.4. The van der Waals surface area contributed by atoms with Crippen molar-refractivity contribution in [3.63, 3.8) is 0 Å². The molecule has 0 saturated heterocycles. The van der Waals surface area contributed by atoms with Crippen LogP contribution >= 0.6 is 0 Å². The molecule has 0 bridgehead atoms. The standard InChI is InChI=1S/C10H18O2/c1-8(2)5-6-9(12)10(3,4)7-11/h7-8H,5-6H2,1-4H3. The Labute approximate surface area is 74.3 Å². The molecule has 0 atom stereocenters. The van der Waals surface area contributed by atoms with Crippen molar-refractivity contribution in [3.8, 4) is 0 Å². The van der Waals surface area contributed by atoms with Crippen molar-refractivity contribution in [3.05, 3.63) is 0 Å². The van der Waals surface area contributed by atoms with Crippen molar-refractivity contribution < 1.29 is 9.59 Å². The van der Waals surface area contributed by atoms with Crippen LogP contribution in [-0.2, 0) is 9.59 Å². The van der Waals surface area contributed by atoms with Crippen LogP contribution in [0.3, 0.4) is 0 Å². The number of hydrogen-bond acceptors (Lipinski definition) is 2. The highest BCUT2D eigenvalue weighted by Gasteiger charge is 2.25. The first-order chi connectivity index (χ1) is 5.40. The fourth-order valence-electron chi connectivity index (χ4n) is 0.808. The van der Waals surface area contributed by atoms with E-state index in [1.807, 2.05) is 0 Å². The average molecular weight is 170 g/mol. The van der Waals surface area contributed by atoms with Crippen LogP contribution in [-0.4, -0.2) is 12.1 Å². The molecule has 0 aliphatic carbocycles. The molecule has 0 spiro atoms. The van der Waals surface area contributed by atoms with E-state index in [0.29, 0.717) is 12.3 Å². The molecule has 0 aliphatic rings. The van der Waals surface area contributed by atoms with E-state index < -0.39 is 5.41 Å². The molecule has 0 saturated carbocycles. The molecule has 0 aliphatic heterocycles. The SMILES string of the molecule is CC(C)CCC(=O)C(C)(C)C=O. The van der Waals surface area contributed by atoms with Gasteiger partial charge in [0.2, 0.25) is 0 Å². The summed E-state index contributed by atoms with van der Waals surface area (Å²) in [5, 5.41) is 0. The molecular weight excluding hydrogens is 152 g/mol. The summed E-state index contributed by atoms with van der Waals surface area (Å²) in [5.41, 5.74) is -0.783. The van der Waals surface area contributed by atoms with Gasteiger partial charge in [-0.1, -0.05) is 13.8 Å². The maximum Gasteiger partial charge on any atom is 0.145 e. The van der Waals surface area contributed by atoms with Crippen molar-refractivity contribution in [2.24, 2.45) is 11.3 Å². The summed E-state index contributed by atoms with van der Waals surface area (Å²) in [7, 11) is 0. The minimum Gasteiger partial charge on any atom is -0.302 e. The number of carbonyl (C=O) groups is 2. The van der Waals surface area contributed by atoms with Gasteiger partial charge in [-0.25, -0.2) is 0 Å². The van der Waals surface area contributed by atoms with E-state index in [1.54, 1.807) is 13.8 Å². The van der Waals surface area contributed by atoms with E-state index in [0.717, 1.165) is 12.7 Å². The predicted octanol–water partition coefficient (Wildman–Crippen LogP) is 2.22. The Morgan fingerprint density at radius 2 is 1.92 bits per heavy atom. The molecule has 0 amide bonds. The number of aldehydes is 1. The van der Waals surface area contributed by atoms with Crippen LogP contribution < -0.4 is 0 Å². The molecule has 70 valence electrons. The topological polar surface area (TPSA) is 34.1 Å². The van der Waals surface area contributed by atoms with E-state index in [9.17, 15) is 9.59 Å². The number of hydrogen-bond donors (Lipinski definition) is 0. The van der Waals surface area contributed by atoms with Crippen molar-refractivity contribution >= 4 is 12.1 Å². The summed E-state index contributed by atoms with van der Waals surface area (Å²) in [6, 6.07) is 0. The van der Waals surface area contributed by atoms with E-state index in [2.05, 4.69) is 13.8 Å². The highest BCUT2D eigenvalue weighted by Crippen LogP contribution is 2.17. The molecular formula is C10H18O2. The lowest BCUT2D eigenvalue weighted by Gasteiger charge is -2.15. The van der Waals surface area contributed by atoms with E-state index >= 15 is 0 Å². The quantitative estimate of drug-likeness (QED) is 0.468. The van der Waals surface area contributed by atoms with Gasteiger partial charge in [0.05, 0.1) is 5.41 Å². The second-order valence-electron chi connectivity index (χ2n) is 4.20. The Morgan fingerprint density at radius 3 is 2.25 bits per heavy atom. The van der Waals surface area contributed by atoms with Gasteiger partial charge in [0.1, 0.15) is 12.1 Å². The van der Waals surface area contributed by atoms with E-state index in [1.165, 1.54) is 0 Å². The summed E-state index contributed by atoms with van der Waals surface area (Å²) < 4.78 is 0. The normalized spacial score (nSPS) is 11.8. The van der Waals surface area contributed by atoms with Gasteiger partial charge in [0.15, 0.2) is 0 Å². The molecule has 2 nitrogen and oxygen atoms in total. The van der Waals surface area contributed by atoms with Crippen molar-refractivity contribution in [1.29, 1.82) is 0 Å². The smallest absolute Gasteiger partial charge is 0.145 e. The van der Waals surface area contributed by atoms with Crippen LogP contribution in [0.2, 0.25) is 0 Å². The third-order valence-electron chi connectivity index (χ3n) is 1.96. The van der Waals surface area contributed by atoms with Crippen LogP contribution in [0.25, 0.3) is 0 Å². The summed E-state index contributed by atoms with van der Waals surface area (Å²) in [5.74, 6) is 0.572. The summed E-state index contributed by atoms with van der Waals surface area (Å²) in [6.45, 7) is 7.48. The Morgan fingerprint density at radius 1 is 1.42 bits per heavy atom. The predicted molar refractivity (Wildman–Crippen MR) is 48.9 cm³/mol. The van der Waals surface area contributed by atoms with Gasteiger partial charge < -0.3 is 4.79 Å². The Kier molecular flexibility index (Phi) is 4.15. The summed E-state index contributed by atoms with van der Waals surface area (Å²) in [4.78, 5) is 21.9. The lowest BCUT2D eigenvalue weighted by atomic mass is 9.86. The Hall–Kier alpha value is -0.660. The van der Waals surface area contributed by atoms with E-state index in [-0.39, 0.29) is 5.78 Å². The molecule has 2 heteroatoms. The first kappa shape index (κ1) is 11.3. The van der Waals surface area contributed by atoms with Gasteiger partial charge in [-0.3, -0.25) is 4.79 Å². The Bertz CT molecular complexity index is 169. The zero-order valence-electron chi connectivity index (χ0n) is 8.39. The monoisotopic (exact) mass is 170 g/mol. The molecule has 0 radical (unpaired) electrons. The van der Waals surface area contributed by atoms with Gasteiger partial charge in [-0.15, -0.1) is 0 Å². The molecule has 0 aromatic rings. The van der Waals surface area contributed by atoms with Crippen molar-refractivity contribution in [2.75, 3.05) is 0 Å². The van der Waals surface area contributed by atoms with Crippen LogP contribution in [0.5, 0.6) is 0 Å². The number of carbonyl (C=O) groups excluding carboxylic acids is 2. The number of Topliss-reactive ketones (excluding diaryl/α,β-unsaturated/α-hetero) is 1. The minimum absolute atomic E-state index is 0.0474. The van der Waals surface area contributed by atoms with Crippen LogP contribution in [0.1, 0.15) is 40.5 Å². The van der Waals surface area contributed by atoms with Gasteiger partial charge in [0, 0.05) is 6.42 Å². The highest BCUT2D eigenvalue weighted by atomic mass is 16.1.